The molecule has 0 saturated carbocycles. The van der Waals surface area contributed by atoms with Gasteiger partial charge in [-0.05, 0) is 19.1 Å². The molecule has 0 atom stereocenters. The van der Waals surface area contributed by atoms with Crippen molar-refractivity contribution in [3.63, 3.8) is 0 Å². The zero-order chi connectivity index (χ0) is 9.97. The van der Waals surface area contributed by atoms with Gasteiger partial charge in [0.25, 0.3) is 0 Å². The number of aryl methyl sites for hydroxylation is 1. The number of hydrogen-bond donors (Lipinski definition) is 1. The summed E-state index contributed by atoms with van der Waals surface area (Å²) in [7, 11) is 0. The summed E-state index contributed by atoms with van der Waals surface area (Å²) in [6, 6.07) is 3.86. The van der Waals surface area contributed by atoms with Crippen LogP contribution in [-0.2, 0) is 13.1 Å². The molecule has 0 aromatic carbocycles. The second-order valence-electron chi connectivity index (χ2n) is 3.12. The highest BCUT2D eigenvalue weighted by molar-refractivity contribution is 5.06. The van der Waals surface area contributed by atoms with Crippen LogP contribution in [0.4, 0.5) is 0 Å². The monoisotopic (exact) mass is 192 g/mol. The van der Waals surface area contributed by atoms with Crippen molar-refractivity contribution in [2.45, 2.75) is 20.0 Å². The van der Waals surface area contributed by atoms with E-state index in [4.69, 9.17) is 10.2 Å². The molecule has 14 heavy (non-hydrogen) atoms. The zero-order valence-corrected chi connectivity index (χ0v) is 7.97. The Labute approximate surface area is 81.5 Å². The summed E-state index contributed by atoms with van der Waals surface area (Å²) in [5.74, 6) is 1.77. The maximum Gasteiger partial charge on any atom is 0.125 e. The molecular weight excluding hydrogens is 180 g/mol. The van der Waals surface area contributed by atoms with Gasteiger partial charge in [0.2, 0.25) is 0 Å². The number of rotatable bonds is 3. The van der Waals surface area contributed by atoms with Gasteiger partial charge in [0.15, 0.2) is 0 Å². The molecule has 2 aromatic rings. The lowest BCUT2D eigenvalue weighted by atomic mass is 10.4. The fraction of sp³-hybridized carbons (Fsp3) is 0.333. The van der Waals surface area contributed by atoms with Crippen LogP contribution in [0.2, 0.25) is 0 Å². The van der Waals surface area contributed by atoms with Gasteiger partial charge in [0.05, 0.1) is 11.9 Å². The largest absolute Gasteiger partial charge is 0.464 e. The van der Waals surface area contributed by atoms with Crippen molar-refractivity contribution in [3.05, 3.63) is 35.5 Å². The molecule has 5 heteroatoms. The Balaban J connectivity index is 2.10. The lowest BCUT2D eigenvalue weighted by molar-refractivity contribution is 0.455. The third-order valence-electron chi connectivity index (χ3n) is 1.91. The molecule has 0 amide bonds. The molecule has 0 aliphatic carbocycles. The van der Waals surface area contributed by atoms with Gasteiger partial charge < -0.3 is 10.2 Å². The number of nitrogens with two attached hydrogens (primary N) is 1. The molecular formula is C9H12N4O. The standard InChI is InChI=1S/C9H12N4O/c1-7-2-3-9(14-7)6-13-5-8(4-10)11-12-13/h2-3,5H,4,6,10H2,1H3. The van der Waals surface area contributed by atoms with E-state index in [0.717, 1.165) is 17.2 Å². The smallest absolute Gasteiger partial charge is 0.125 e. The molecule has 0 unspecified atom stereocenters. The van der Waals surface area contributed by atoms with Gasteiger partial charge in [-0.15, -0.1) is 5.10 Å². The Kier molecular flexibility index (Phi) is 2.32. The summed E-state index contributed by atoms with van der Waals surface area (Å²) < 4.78 is 7.12. The van der Waals surface area contributed by atoms with Crippen LogP contribution in [0.1, 0.15) is 17.2 Å². The third-order valence-corrected chi connectivity index (χ3v) is 1.91. The van der Waals surface area contributed by atoms with Crippen LogP contribution in [0.5, 0.6) is 0 Å². The first-order chi connectivity index (χ1) is 6.78. The molecule has 5 nitrogen and oxygen atoms in total. The summed E-state index contributed by atoms with van der Waals surface area (Å²) in [4.78, 5) is 0. The van der Waals surface area contributed by atoms with Gasteiger partial charge in [-0.2, -0.15) is 0 Å². The Hall–Kier alpha value is -1.62. The highest BCUT2D eigenvalue weighted by Crippen LogP contribution is 2.07. The Morgan fingerprint density at radius 2 is 2.36 bits per heavy atom. The zero-order valence-electron chi connectivity index (χ0n) is 7.97. The molecule has 0 fully saturated rings. The molecule has 0 aliphatic heterocycles. The van der Waals surface area contributed by atoms with Gasteiger partial charge in [0.1, 0.15) is 18.1 Å². The van der Waals surface area contributed by atoms with E-state index in [9.17, 15) is 0 Å². The van der Waals surface area contributed by atoms with Crippen molar-refractivity contribution in [1.82, 2.24) is 15.0 Å². The van der Waals surface area contributed by atoms with Gasteiger partial charge in [0, 0.05) is 6.54 Å². The number of aromatic nitrogens is 3. The Morgan fingerprint density at radius 3 is 2.93 bits per heavy atom. The first-order valence-electron chi connectivity index (χ1n) is 4.42. The average Bonchev–Trinajstić information content (AvgIpc) is 2.76. The van der Waals surface area contributed by atoms with Crippen molar-refractivity contribution in [3.8, 4) is 0 Å². The van der Waals surface area contributed by atoms with Crippen LogP contribution < -0.4 is 5.73 Å². The fourth-order valence-electron chi connectivity index (χ4n) is 1.24. The summed E-state index contributed by atoms with van der Waals surface area (Å²) in [6.45, 7) is 2.92. The van der Waals surface area contributed by atoms with E-state index in [0.29, 0.717) is 13.1 Å². The van der Waals surface area contributed by atoms with Crippen LogP contribution in [0.25, 0.3) is 0 Å². The normalized spacial score (nSPS) is 10.7. The van der Waals surface area contributed by atoms with E-state index >= 15 is 0 Å². The van der Waals surface area contributed by atoms with Crippen molar-refractivity contribution >= 4 is 0 Å². The van der Waals surface area contributed by atoms with Crippen molar-refractivity contribution in [1.29, 1.82) is 0 Å². The van der Waals surface area contributed by atoms with Gasteiger partial charge in [-0.25, -0.2) is 4.68 Å². The van der Waals surface area contributed by atoms with E-state index in [1.807, 2.05) is 25.3 Å². The maximum absolute atomic E-state index is 5.42. The number of furan rings is 1. The number of nitrogens with zero attached hydrogens (tertiary/aromatic N) is 3. The van der Waals surface area contributed by atoms with Crippen molar-refractivity contribution in [2.24, 2.45) is 5.73 Å². The molecule has 0 bridgehead atoms. The maximum atomic E-state index is 5.42. The summed E-state index contributed by atoms with van der Waals surface area (Å²) >= 11 is 0. The summed E-state index contributed by atoms with van der Waals surface area (Å²) in [5.41, 5.74) is 6.21. The van der Waals surface area contributed by atoms with Crippen molar-refractivity contribution in [2.75, 3.05) is 0 Å². The average molecular weight is 192 g/mol. The predicted octanol–water partition coefficient (Wildman–Crippen LogP) is 0.687. The number of hydrogen-bond acceptors (Lipinski definition) is 4. The second-order valence-corrected chi connectivity index (χ2v) is 3.12. The topological polar surface area (TPSA) is 69.9 Å². The van der Waals surface area contributed by atoms with Crippen LogP contribution in [0, 0.1) is 6.92 Å². The van der Waals surface area contributed by atoms with E-state index < -0.39 is 0 Å². The highest BCUT2D eigenvalue weighted by Gasteiger charge is 2.02. The SMILES string of the molecule is Cc1ccc(Cn2cc(CN)nn2)o1. The second kappa shape index (κ2) is 3.63. The van der Waals surface area contributed by atoms with Gasteiger partial charge in [-0.3, -0.25) is 0 Å². The van der Waals surface area contributed by atoms with E-state index in [-0.39, 0.29) is 0 Å². The fourth-order valence-corrected chi connectivity index (χ4v) is 1.24. The Bertz CT molecular complexity index is 418. The molecule has 2 heterocycles. The minimum Gasteiger partial charge on any atom is -0.464 e. The molecule has 2 N–H and O–H groups in total. The minimum atomic E-state index is 0.414. The van der Waals surface area contributed by atoms with Gasteiger partial charge >= 0.3 is 0 Å². The molecule has 0 spiro atoms. The lowest BCUT2D eigenvalue weighted by Gasteiger charge is -1.94. The highest BCUT2D eigenvalue weighted by atomic mass is 16.3. The minimum absolute atomic E-state index is 0.414. The van der Waals surface area contributed by atoms with Crippen LogP contribution in [0.15, 0.2) is 22.7 Å². The molecule has 74 valence electrons. The third kappa shape index (κ3) is 1.82. The van der Waals surface area contributed by atoms with Crippen LogP contribution in [0.3, 0.4) is 0 Å². The molecule has 2 aromatic heterocycles. The van der Waals surface area contributed by atoms with Crippen LogP contribution >= 0.6 is 0 Å². The van der Waals surface area contributed by atoms with E-state index in [1.54, 1.807) is 4.68 Å². The van der Waals surface area contributed by atoms with Gasteiger partial charge in [-0.1, -0.05) is 5.21 Å². The Morgan fingerprint density at radius 1 is 1.50 bits per heavy atom. The van der Waals surface area contributed by atoms with Crippen molar-refractivity contribution < 1.29 is 4.42 Å². The molecule has 2 rings (SSSR count). The first kappa shape index (κ1) is 8.96. The quantitative estimate of drug-likeness (QED) is 0.776. The summed E-state index contributed by atoms with van der Waals surface area (Å²) in [5, 5.41) is 7.80. The van der Waals surface area contributed by atoms with E-state index in [2.05, 4.69) is 10.3 Å². The van der Waals surface area contributed by atoms with E-state index in [1.165, 1.54) is 0 Å². The van der Waals surface area contributed by atoms with Crippen LogP contribution in [-0.4, -0.2) is 15.0 Å². The molecule has 0 aliphatic rings. The predicted molar refractivity (Wildman–Crippen MR) is 50.5 cm³/mol. The first-order valence-corrected chi connectivity index (χ1v) is 4.42. The lowest BCUT2D eigenvalue weighted by Crippen LogP contribution is -1.99. The molecule has 0 saturated heterocycles. The molecule has 0 radical (unpaired) electrons. The summed E-state index contributed by atoms with van der Waals surface area (Å²) in [6.07, 6.45) is 1.82.